The van der Waals surface area contributed by atoms with Crippen LogP contribution in [0, 0.1) is 0 Å². The van der Waals surface area contributed by atoms with Gasteiger partial charge in [-0.15, -0.1) is 0 Å². The van der Waals surface area contributed by atoms with Crippen LogP contribution in [-0.4, -0.2) is 18.3 Å². The predicted octanol–water partition coefficient (Wildman–Crippen LogP) is 1.31. The summed E-state index contributed by atoms with van der Waals surface area (Å²) in [6.45, 7) is 2.86. The van der Waals surface area contributed by atoms with E-state index in [1.807, 2.05) is 31.2 Å². The molecule has 3 N–H and O–H groups in total. The Hall–Kier alpha value is -0.900. The fourth-order valence-corrected chi connectivity index (χ4v) is 2.24. The molecule has 2 rings (SSSR count). The Morgan fingerprint density at radius 1 is 1.53 bits per heavy atom. The highest BCUT2D eigenvalue weighted by Crippen LogP contribution is 2.41. The van der Waals surface area contributed by atoms with Crippen LogP contribution < -0.4 is 5.73 Å². The molecule has 0 saturated heterocycles. The minimum atomic E-state index is -0.897. The topological polar surface area (TPSA) is 55.5 Å². The maximum atomic E-state index is 10.4. The van der Waals surface area contributed by atoms with E-state index in [-0.39, 0.29) is 6.04 Å². The molecule has 82 valence electrons. The van der Waals surface area contributed by atoms with Gasteiger partial charge in [-0.25, -0.2) is 0 Å². The van der Waals surface area contributed by atoms with E-state index in [1.165, 1.54) is 0 Å². The summed E-state index contributed by atoms with van der Waals surface area (Å²) in [7, 11) is 0. The molecular formula is C12H17NO2. The second-order valence-electron chi connectivity index (χ2n) is 4.07. The van der Waals surface area contributed by atoms with E-state index in [0.29, 0.717) is 19.6 Å². The van der Waals surface area contributed by atoms with Gasteiger partial charge in [-0.3, -0.25) is 0 Å². The number of nitrogens with two attached hydrogens (primary N) is 1. The predicted molar refractivity (Wildman–Crippen MR) is 58.4 cm³/mol. The van der Waals surface area contributed by atoms with Crippen molar-refractivity contribution in [3.63, 3.8) is 0 Å². The van der Waals surface area contributed by atoms with E-state index in [2.05, 4.69) is 0 Å². The quantitative estimate of drug-likeness (QED) is 0.785. The van der Waals surface area contributed by atoms with Crippen molar-refractivity contribution in [2.45, 2.75) is 25.0 Å². The average Bonchev–Trinajstić information content (AvgIpc) is 2.50. The molecule has 0 amide bonds. The third kappa shape index (κ3) is 1.78. The summed E-state index contributed by atoms with van der Waals surface area (Å²) >= 11 is 0. The lowest BCUT2D eigenvalue weighted by atomic mass is 9.97. The first kappa shape index (κ1) is 10.6. The van der Waals surface area contributed by atoms with Gasteiger partial charge in [-0.1, -0.05) is 24.3 Å². The van der Waals surface area contributed by atoms with Crippen molar-refractivity contribution >= 4 is 0 Å². The van der Waals surface area contributed by atoms with Crippen molar-refractivity contribution < 1.29 is 9.84 Å². The largest absolute Gasteiger partial charge is 0.383 e. The number of rotatable bonds is 3. The first-order valence-electron chi connectivity index (χ1n) is 5.32. The summed E-state index contributed by atoms with van der Waals surface area (Å²) in [6.07, 6.45) is 0.548. The van der Waals surface area contributed by atoms with Gasteiger partial charge in [0.2, 0.25) is 0 Å². The minimum Gasteiger partial charge on any atom is -0.383 e. The zero-order chi connectivity index (χ0) is 10.9. The number of ether oxygens (including phenoxy) is 1. The van der Waals surface area contributed by atoms with Crippen LogP contribution in [0.3, 0.4) is 0 Å². The van der Waals surface area contributed by atoms with Crippen LogP contribution in [0.2, 0.25) is 0 Å². The number of aliphatic hydroxyl groups is 1. The van der Waals surface area contributed by atoms with Crippen molar-refractivity contribution in [2.75, 3.05) is 13.2 Å². The molecule has 0 fully saturated rings. The lowest BCUT2D eigenvalue weighted by Crippen LogP contribution is -2.29. The molecule has 1 aromatic rings. The van der Waals surface area contributed by atoms with Crippen molar-refractivity contribution in [1.29, 1.82) is 0 Å². The van der Waals surface area contributed by atoms with Gasteiger partial charge in [-0.2, -0.15) is 0 Å². The molecular weight excluding hydrogens is 190 g/mol. The normalized spacial score (nSPS) is 29.1. The van der Waals surface area contributed by atoms with Crippen molar-refractivity contribution in [3.05, 3.63) is 35.4 Å². The second-order valence-corrected chi connectivity index (χ2v) is 4.07. The van der Waals surface area contributed by atoms with Crippen LogP contribution in [-0.2, 0) is 10.3 Å². The van der Waals surface area contributed by atoms with Gasteiger partial charge in [0.25, 0.3) is 0 Å². The summed E-state index contributed by atoms with van der Waals surface area (Å²) < 4.78 is 5.32. The van der Waals surface area contributed by atoms with Gasteiger partial charge < -0.3 is 15.6 Å². The molecule has 0 spiro atoms. The minimum absolute atomic E-state index is 0.0772. The van der Waals surface area contributed by atoms with Crippen molar-refractivity contribution in [2.24, 2.45) is 5.73 Å². The molecule has 0 saturated carbocycles. The standard InChI is InChI=1S/C12H17NO2/c1-2-15-8-12(14)7-11(13)9-5-3-4-6-10(9)12/h3-6,11,14H,2,7-8,13H2,1H3. The first-order chi connectivity index (χ1) is 7.17. The number of hydrogen-bond acceptors (Lipinski definition) is 3. The highest BCUT2D eigenvalue weighted by molar-refractivity contribution is 5.39. The number of hydrogen-bond donors (Lipinski definition) is 2. The van der Waals surface area contributed by atoms with Crippen LogP contribution in [0.25, 0.3) is 0 Å². The molecule has 0 bridgehead atoms. The van der Waals surface area contributed by atoms with Crippen LogP contribution in [0.4, 0.5) is 0 Å². The van der Waals surface area contributed by atoms with Gasteiger partial charge >= 0.3 is 0 Å². The highest BCUT2D eigenvalue weighted by Gasteiger charge is 2.40. The Morgan fingerprint density at radius 2 is 2.27 bits per heavy atom. The van der Waals surface area contributed by atoms with Gasteiger partial charge in [-0.05, 0) is 18.1 Å². The third-order valence-corrected chi connectivity index (χ3v) is 2.96. The average molecular weight is 207 g/mol. The number of benzene rings is 1. The monoisotopic (exact) mass is 207 g/mol. The molecule has 0 aromatic heterocycles. The molecule has 0 radical (unpaired) electrons. The zero-order valence-corrected chi connectivity index (χ0v) is 8.94. The van der Waals surface area contributed by atoms with E-state index in [0.717, 1.165) is 11.1 Å². The maximum absolute atomic E-state index is 10.4. The SMILES string of the molecule is CCOCC1(O)CC(N)c2ccccc21. The lowest BCUT2D eigenvalue weighted by Gasteiger charge is -2.23. The molecule has 15 heavy (non-hydrogen) atoms. The number of fused-ring (bicyclic) bond motifs is 1. The van der Waals surface area contributed by atoms with Crippen LogP contribution in [0.1, 0.15) is 30.5 Å². The third-order valence-electron chi connectivity index (χ3n) is 2.96. The van der Waals surface area contributed by atoms with Crippen LogP contribution in [0.5, 0.6) is 0 Å². The van der Waals surface area contributed by atoms with E-state index >= 15 is 0 Å². The van der Waals surface area contributed by atoms with E-state index in [9.17, 15) is 5.11 Å². The van der Waals surface area contributed by atoms with Gasteiger partial charge in [0.05, 0.1) is 6.61 Å². The Labute approximate surface area is 89.9 Å². The Kier molecular flexibility index (Phi) is 2.78. The van der Waals surface area contributed by atoms with Gasteiger partial charge in [0.15, 0.2) is 0 Å². The smallest absolute Gasteiger partial charge is 0.115 e. The fraction of sp³-hybridized carbons (Fsp3) is 0.500. The summed E-state index contributed by atoms with van der Waals surface area (Å²) in [5.41, 5.74) is 7.04. The van der Waals surface area contributed by atoms with E-state index in [1.54, 1.807) is 0 Å². The summed E-state index contributed by atoms with van der Waals surface area (Å²) in [5, 5.41) is 10.4. The van der Waals surface area contributed by atoms with Crippen LogP contribution in [0.15, 0.2) is 24.3 Å². The fourth-order valence-electron chi connectivity index (χ4n) is 2.24. The van der Waals surface area contributed by atoms with Crippen LogP contribution >= 0.6 is 0 Å². The molecule has 2 unspecified atom stereocenters. The van der Waals surface area contributed by atoms with Crippen molar-refractivity contribution in [3.8, 4) is 0 Å². The molecule has 0 aliphatic heterocycles. The Balaban J connectivity index is 2.30. The highest BCUT2D eigenvalue weighted by atomic mass is 16.5. The molecule has 3 heteroatoms. The summed E-state index contributed by atoms with van der Waals surface area (Å²) in [5.74, 6) is 0. The molecule has 3 nitrogen and oxygen atoms in total. The maximum Gasteiger partial charge on any atom is 0.115 e. The van der Waals surface area contributed by atoms with Gasteiger partial charge in [0, 0.05) is 19.1 Å². The Bertz CT molecular complexity index is 353. The molecule has 0 heterocycles. The molecule has 1 aliphatic carbocycles. The zero-order valence-electron chi connectivity index (χ0n) is 8.94. The second kappa shape index (κ2) is 3.93. The first-order valence-corrected chi connectivity index (χ1v) is 5.32. The molecule has 2 atom stereocenters. The van der Waals surface area contributed by atoms with Gasteiger partial charge in [0.1, 0.15) is 5.60 Å². The molecule has 1 aliphatic rings. The van der Waals surface area contributed by atoms with Crippen molar-refractivity contribution in [1.82, 2.24) is 0 Å². The summed E-state index contributed by atoms with van der Waals surface area (Å²) in [4.78, 5) is 0. The molecule has 1 aromatic carbocycles. The summed E-state index contributed by atoms with van der Waals surface area (Å²) in [6, 6.07) is 7.70. The van der Waals surface area contributed by atoms with E-state index < -0.39 is 5.60 Å². The lowest BCUT2D eigenvalue weighted by molar-refractivity contribution is -0.0492. The Morgan fingerprint density at radius 3 is 3.00 bits per heavy atom. The van der Waals surface area contributed by atoms with E-state index in [4.69, 9.17) is 10.5 Å².